The van der Waals surface area contributed by atoms with Crippen molar-refractivity contribution < 1.29 is 4.79 Å². The molecule has 1 aromatic carbocycles. The highest BCUT2D eigenvalue weighted by Crippen LogP contribution is 2.20. The first-order valence-electron chi connectivity index (χ1n) is 9.59. The molecule has 30 heavy (non-hydrogen) atoms. The molecule has 7 nitrogen and oxygen atoms in total. The highest BCUT2D eigenvalue weighted by atomic mass is 32.2. The topological polar surface area (TPSA) is 76.3 Å². The van der Waals surface area contributed by atoms with Crippen molar-refractivity contribution in [2.24, 2.45) is 0 Å². The second-order valence-electron chi connectivity index (χ2n) is 6.90. The lowest BCUT2D eigenvalue weighted by atomic mass is 10.1. The van der Waals surface area contributed by atoms with Crippen molar-refractivity contribution in [2.75, 3.05) is 11.2 Å². The third-order valence-corrected chi connectivity index (χ3v) is 5.49. The van der Waals surface area contributed by atoms with Gasteiger partial charge in [0, 0.05) is 23.1 Å². The molecule has 0 unspecified atom stereocenters. The van der Waals surface area contributed by atoms with Crippen molar-refractivity contribution in [1.82, 2.24) is 24.6 Å². The zero-order chi connectivity index (χ0) is 21.1. The number of benzene rings is 1. The van der Waals surface area contributed by atoms with Gasteiger partial charge in [-0.05, 0) is 37.8 Å². The molecule has 0 spiro atoms. The number of pyridine rings is 1. The molecule has 0 saturated carbocycles. The van der Waals surface area contributed by atoms with Crippen LogP contribution in [0, 0.1) is 13.8 Å². The first kappa shape index (κ1) is 20.0. The molecule has 0 bridgehead atoms. The molecular weight excluding hydrogens is 396 g/mol. The van der Waals surface area contributed by atoms with Crippen molar-refractivity contribution in [3.63, 3.8) is 0 Å². The summed E-state index contributed by atoms with van der Waals surface area (Å²) in [6.07, 6.45) is 3.83. The molecule has 0 N–H and O–H groups in total. The van der Waals surface area contributed by atoms with Gasteiger partial charge in [-0.15, -0.1) is 5.10 Å². The molecule has 0 aliphatic rings. The van der Waals surface area contributed by atoms with Crippen LogP contribution in [0.25, 0.3) is 5.78 Å². The third kappa shape index (κ3) is 4.04. The summed E-state index contributed by atoms with van der Waals surface area (Å²) in [6.45, 7) is 4.31. The van der Waals surface area contributed by atoms with E-state index in [1.807, 2.05) is 68.6 Å². The van der Waals surface area contributed by atoms with Crippen LogP contribution < -0.4 is 4.90 Å². The largest absolute Gasteiger partial charge is 0.292 e. The number of aromatic nitrogens is 5. The van der Waals surface area contributed by atoms with E-state index >= 15 is 0 Å². The molecule has 1 amide bonds. The Morgan fingerprint density at radius 2 is 1.83 bits per heavy atom. The van der Waals surface area contributed by atoms with E-state index in [9.17, 15) is 4.79 Å². The zero-order valence-electron chi connectivity index (χ0n) is 17.1. The minimum absolute atomic E-state index is 0.0462. The van der Waals surface area contributed by atoms with E-state index in [0.29, 0.717) is 23.3 Å². The molecule has 0 fully saturated rings. The molecule has 0 aliphatic heterocycles. The Morgan fingerprint density at radius 1 is 1.07 bits per heavy atom. The van der Waals surface area contributed by atoms with Crippen molar-refractivity contribution in [3.05, 3.63) is 77.2 Å². The fraction of sp³-hybridized carbons (Fsp3) is 0.227. The number of amides is 1. The molecular formula is C22H22N6OS. The van der Waals surface area contributed by atoms with Gasteiger partial charge in [0.2, 0.25) is 11.1 Å². The number of fused-ring (bicyclic) bond motifs is 1. The summed E-state index contributed by atoms with van der Waals surface area (Å²) in [4.78, 5) is 28.5. The standard InChI is InChI=1S/C22H22N6OS/c1-15-18(16(2)28-21(24-15)25-22(26-28)30-3)13-20(29)27(19-11-7-8-12-23-19)14-17-9-5-4-6-10-17/h4-12H,13-14H2,1-3H3. The van der Waals surface area contributed by atoms with Crippen LogP contribution in [0.1, 0.15) is 22.5 Å². The van der Waals surface area contributed by atoms with Crippen molar-refractivity contribution in [1.29, 1.82) is 0 Å². The third-order valence-electron chi connectivity index (χ3n) is 4.95. The SMILES string of the molecule is CSc1nc2nc(C)c(CC(=O)N(Cc3ccccc3)c3ccccn3)c(C)n2n1. The van der Waals surface area contributed by atoms with Crippen LogP contribution in [0.5, 0.6) is 0 Å². The van der Waals surface area contributed by atoms with Gasteiger partial charge in [0.25, 0.3) is 5.78 Å². The number of aryl methyl sites for hydroxylation is 2. The van der Waals surface area contributed by atoms with E-state index < -0.39 is 0 Å². The fourth-order valence-corrected chi connectivity index (χ4v) is 3.69. The highest BCUT2D eigenvalue weighted by Gasteiger charge is 2.22. The number of rotatable bonds is 6. The lowest BCUT2D eigenvalue weighted by Crippen LogP contribution is -2.33. The number of nitrogens with zero attached hydrogens (tertiary/aromatic N) is 6. The maximum absolute atomic E-state index is 13.4. The fourth-order valence-electron chi connectivity index (χ4n) is 3.36. The molecule has 3 aromatic heterocycles. The second kappa shape index (κ2) is 8.62. The van der Waals surface area contributed by atoms with Crippen LogP contribution in [0.4, 0.5) is 5.82 Å². The molecule has 152 valence electrons. The number of hydrogen-bond donors (Lipinski definition) is 0. The summed E-state index contributed by atoms with van der Waals surface area (Å²) >= 11 is 1.47. The van der Waals surface area contributed by atoms with Gasteiger partial charge in [0.1, 0.15) is 5.82 Å². The van der Waals surface area contributed by atoms with E-state index in [1.54, 1.807) is 15.6 Å². The number of carbonyl (C=O) groups is 1. The molecule has 0 saturated heterocycles. The highest BCUT2D eigenvalue weighted by molar-refractivity contribution is 7.98. The van der Waals surface area contributed by atoms with Gasteiger partial charge < -0.3 is 0 Å². The van der Waals surface area contributed by atoms with Gasteiger partial charge in [-0.3, -0.25) is 9.69 Å². The summed E-state index contributed by atoms with van der Waals surface area (Å²) < 4.78 is 1.71. The molecule has 3 heterocycles. The Bertz CT molecular complexity index is 1180. The molecule has 0 aliphatic carbocycles. The predicted octanol–water partition coefficient (Wildman–Crippen LogP) is 3.63. The summed E-state index contributed by atoms with van der Waals surface area (Å²) in [5, 5.41) is 5.14. The average Bonchev–Trinajstić information content (AvgIpc) is 3.19. The summed E-state index contributed by atoms with van der Waals surface area (Å²) in [6, 6.07) is 15.5. The summed E-state index contributed by atoms with van der Waals surface area (Å²) in [5.74, 6) is 1.13. The van der Waals surface area contributed by atoms with Crippen LogP contribution >= 0.6 is 11.8 Å². The van der Waals surface area contributed by atoms with Gasteiger partial charge in [-0.25, -0.2) is 14.5 Å². The van der Waals surface area contributed by atoms with Gasteiger partial charge >= 0.3 is 0 Å². The van der Waals surface area contributed by atoms with Gasteiger partial charge in [-0.1, -0.05) is 48.2 Å². The normalized spacial score (nSPS) is 11.0. The van der Waals surface area contributed by atoms with E-state index in [2.05, 4.69) is 20.1 Å². The minimum Gasteiger partial charge on any atom is -0.292 e. The van der Waals surface area contributed by atoms with E-state index in [4.69, 9.17) is 0 Å². The minimum atomic E-state index is -0.0462. The number of thioether (sulfide) groups is 1. The maximum Gasteiger partial charge on any atom is 0.253 e. The smallest absolute Gasteiger partial charge is 0.253 e. The Kier molecular flexibility index (Phi) is 5.76. The van der Waals surface area contributed by atoms with Crippen LogP contribution in [0.2, 0.25) is 0 Å². The summed E-state index contributed by atoms with van der Waals surface area (Å²) in [7, 11) is 0. The molecule has 0 radical (unpaired) electrons. The molecule has 0 atom stereocenters. The van der Waals surface area contributed by atoms with Crippen molar-refractivity contribution >= 4 is 29.3 Å². The monoisotopic (exact) mass is 418 g/mol. The maximum atomic E-state index is 13.4. The predicted molar refractivity (Wildman–Crippen MR) is 118 cm³/mol. The Morgan fingerprint density at radius 3 is 2.53 bits per heavy atom. The van der Waals surface area contributed by atoms with Crippen molar-refractivity contribution in [3.8, 4) is 0 Å². The number of carbonyl (C=O) groups excluding carboxylic acids is 1. The van der Waals surface area contributed by atoms with Gasteiger partial charge in [-0.2, -0.15) is 4.98 Å². The van der Waals surface area contributed by atoms with E-state index in [1.165, 1.54) is 11.8 Å². The van der Waals surface area contributed by atoms with Crippen LogP contribution in [-0.4, -0.2) is 36.7 Å². The zero-order valence-corrected chi connectivity index (χ0v) is 17.9. The van der Waals surface area contributed by atoms with E-state index in [-0.39, 0.29) is 12.3 Å². The lowest BCUT2D eigenvalue weighted by Gasteiger charge is -2.23. The summed E-state index contributed by atoms with van der Waals surface area (Å²) in [5.41, 5.74) is 3.56. The molecule has 8 heteroatoms. The Balaban J connectivity index is 1.68. The molecule has 4 rings (SSSR count). The second-order valence-corrected chi connectivity index (χ2v) is 7.68. The van der Waals surface area contributed by atoms with Gasteiger partial charge in [0.05, 0.1) is 13.0 Å². The number of anilines is 1. The van der Waals surface area contributed by atoms with E-state index in [0.717, 1.165) is 22.5 Å². The Labute approximate surface area is 179 Å². The van der Waals surface area contributed by atoms with Crippen molar-refractivity contribution in [2.45, 2.75) is 32.0 Å². The molecule has 4 aromatic rings. The lowest BCUT2D eigenvalue weighted by molar-refractivity contribution is -0.118. The Hall–Kier alpha value is -3.26. The van der Waals surface area contributed by atoms with Gasteiger partial charge in [0.15, 0.2) is 0 Å². The quantitative estimate of drug-likeness (QED) is 0.445. The average molecular weight is 419 g/mol. The first-order valence-corrected chi connectivity index (χ1v) is 10.8. The van der Waals surface area contributed by atoms with Crippen LogP contribution in [0.3, 0.4) is 0 Å². The van der Waals surface area contributed by atoms with Crippen LogP contribution in [-0.2, 0) is 17.8 Å². The number of hydrogen-bond acceptors (Lipinski definition) is 6. The first-order chi connectivity index (χ1) is 14.6. The van der Waals surface area contributed by atoms with Crippen LogP contribution in [0.15, 0.2) is 59.9 Å².